The van der Waals surface area contributed by atoms with E-state index in [2.05, 4.69) is 6.58 Å². The normalized spacial score (nSPS) is 10.8. The maximum absolute atomic E-state index is 11.4. The summed E-state index contributed by atoms with van der Waals surface area (Å²) in [7, 11) is 1.56. The van der Waals surface area contributed by atoms with Crippen LogP contribution in [0.3, 0.4) is 0 Å². The van der Waals surface area contributed by atoms with Crippen LogP contribution in [0.25, 0.3) is 11.6 Å². The molecular formula is C19H16O5. The summed E-state index contributed by atoms with van der Waals surface area (Å²) in [4.78, 5) is 22.5. The van der Waals surface area contributed by atoms with E-state index in [9.17, 15) is 14.7 Å². The lowest BCUT2D eigenvalue weighted by Crippen LogP contribution is -2.02. The van der Waals surface area contributed by atoms with Crippen molar-refractivity contribution in [3.8, 4) is 17.2 Å². The number of ether oxygens (including phenoxy) is 2. The van der Waals surface area contributed by atoms with Crippen molar-refractivity contribution in [1.29, 1.82) is 0 Å². The lowest BCUT2D eigenvalue weighted by molar-refractivity contribution is -0.128. The number of allylic oxidation sites excluding steroid dienone is 1. The SMILES string of the molecule is C=CC(=O)Oc1ccc(/C=C(\C=O)c2ccc(OC)cc2)c(O)c1. The lowest BCUT2D eigenvalue weighted by Gasteiger charge is -2.06. The minimum Gasteiger partial charge on any atom is -0.507 e. The third kappa shape index (κ3) is 4.10. The molecule has 0 saturated heterocycles. The van der Waals surface area contributed by atoms with Crippen molar-refractivity contribution in [2.24, 2.45) is 0 Å². The molecular weight excluding hydrogens is 308 g/mol. The van der Waals surface area contributed by atoms with Crippen molar-refractivity contribution >= 4 is 23.9 Å². The van der Waals surface area contributed by atoms with Crippen LogP contribution in [0.2, 0.25) is 0 Å². The molecule has 5 nitrogen and oxygen atoms in total. The highest BCUT2D eigenvalue weighted by atomic mass is 16.5. The molecule has 0 radical (unpaired) electrons. The van der Waals surface area contributed by atoms with Crippen LogP contribution in [0.1, 0.15) is 11.1 Å². The molecule has 0 saturated carbocycles. The van der Waals surface area contributed by atoms with E-state index in [0.29, 0.717) is 28.7 Å². The summed E-state index contributed by atoms with van der Waals surface area (Å²) in [6.07, 6.45) is 3.27. The molecule has 2 aromatic rings. The number of aldehydes is 1. The van der Waals surface area contributed by atoms with Gasteiger partial charge in [-0.15, -0.1) is 0 Å². The molecule has 1 N–H and O–H groups in total. The third-order valence-electron chi connectivity index (χ3n) is 3.25. The molecule has 2 rings (SSSR count). The van der Waals surface area contributed by atoms with Crippen LogP contribution in [0, 0.1) is 0 Å². The molecule has 0 aliphatic carbocycles. The Morgan fingerprint density at radius 2 is 1.79 bits per heavy atom. The highest BCUT2D eigenvalue weighted by Crippen LogP contribution is 2.28. The van der Waals surface area contributed by atoms with Crippen LogP contribution in [0.15, 0.2) is 55.1 Å². The number of methoxy groups -OCH3 is 1. The van der Waals surface area contributed by atoms with Gasteiger partial charge < -0.3 is 14.6 Å². The molecule has 0 atom stereocenters. The number of hydrogen-bond acceptors (Lipinski definition) is 5. The molecule has 0 fully saturated rings. The average Bonchev–Trinajstić information content (AvgIpc) is 2.61. The second kappa shape index (κ2) is 7.78. The van der Waals surface area contributed by atoms with Gasteiger partial charge in [-0.25, -0.2) is 4.79 Å². The first-order valence-corrected chi connectivity index (χ1v) is 7.06. The van der Waals surface area contributed by atoms with Crippen molar-refractivity contribution in [1.82, 2.24) is 0 Å². The van der Waals surface area contributed by atoms with Crippen molar-refractivity contribution in [2.75, 3.05) is 7.11 Å². The largest absolute Gasteiger partial charge is 0.507 e. The zero-order valence-electron chi connectivity index (χ0n) is 13.1. The molecule has 2 aromatic carbocycles. The van der Waals surface area contributed by atoms with Crippen LogP contribution < -0.4 is 9.47 Å². The van der Waals surface area contributed by atoms with Crippen LogP contribution in [0.4, 0.5) is 0 Å². The summed E-state index contributed by atoms with van der Waals surface area (Å²) >= 11 is 0. The van der Waals surface area contributed by atoms with Gasteiger partial charge >= 0.3 is 5.97 Å². The number of carbonyl (C=O) groups is 2. The number of esters is 1. The van der Waals surface area contributed by atoms with Gasteiger partial charge in [0.15, 0.2) is 6.29 Å². The molecule has 0 aliphatic rings. The van der Waals surface area contributed by atoms with Crippen LogP contribution in [0.5, 0.6) is 17.2 Å². The number of carbonyl (C=O) groups excluding carboxylic acids is 2. The quantitative estimate of drug-likeness (QED) is 0.290. The Hall–Kier alpha value is -3.34. The van der Waals surface area contributed by atoms with E-state index in [-0.39, 0.29) is 11.5 Å². The Labute approximate surface area is 139 Å². The first kappa shape index (κ1) is 17.0. The molecule has 0 aromatic heterocycles. The fraction of sp³-hybridized carbons (Fsp3) is 0.0526. The maximum Gasteiger partial charge on any atom is 0.335 e. The number of phenolic OH excluding ortho intramolecular Hbond substituents is 1. The lowest BCUT2D eigenvalue weighted by atomic mass is 10.0. The average molecular weight is 324 g/mol. The van der Waals surface area contributed by atoms with Gasteiger partial charge in [0.2, 0.25) is 0 Å². The summed E-state index contributed by atoms with van der Waals surface area (Å²) in [6.45, 7) is 3.30. The van der Waals surface area contributed by atoms with Gasteiger partial charge in [-0.3, -0.25) is 4.79 Å². The van der Waals surface area contributed by atoms with Crippen molar-refractivity contribution in [3.63, 3.8) is 0 Å². The summed E-state index contributed by atoms with van der Waals surface area (Å²) in [6, 6.07) is 11.3. The molecule has 5 heteroatoms. The highest BCUT2D eigenvalue weighted by molar-refractivity contribution is 6.13. The highest BCUT2D eigenvalue weighted by Gasteiger charge is 2.07. The molecule has 122 valence electrons. The standard InChI is InChI=1S/C19H16O5/c1-3-19(22)24-17-9-6-14(18(21)11-17)10-15(12-20)13-4-7-16(23-2)8-5-13/h3-12,21H,1H2,2H3/b15-10+. The van der Waals surface area contributed by atoms with E-state index in [0.717, 1.165) is 6.08 Å². The Balaban J connectivity index is 2.31. The van der Waals surface area contributed by atoms with Crippen molar-refractivity contribution < 1.29 is 24.2 Å². The van der Waals surface area contributed by atoms with E-state index in [4.69, 9.17) is 9.47 Å². The maximum atomic E-state index is 11.4. The van der Waals surface area contributed by atoms with Gasteiger partial charge in [0.05, 0.1) is 7.11 Å². The first-order valence-electron chi connectivity index (χ1n) is 7.06. The minimum absolute atomic E-state index is 0.114. The Morgan fingerprint density at radius 1 is 1.12 bits per heavy atom. The molecule has 0 aliphatic heterocycles. The molecule has 0 bridgehead atoms. The van der Waals surface area contributed by atoms with E-state index in [1.807, 2.05) is 0 Å². The van der Waals surface area contributed by atoms with Crippen molar-refractivity contribution in [3.05, 3.63) is 66.2 Å². The Morgan fingerprint density at radius 3 is 2.33 bits per heavy atom. The predicted molar refractivity (Wildman–Crippen MR) is 90.9 cm³/mol. The zero-order valence-corrected chi connectivity index (χ0v) is 13.1. The Bertz CT molecular complexity index is 788. The smallest absolute Gasteiger partial charge is 0.335 e. The van der Waals surface area contributed by atoms with Crippen molar-refractivity contribution in [2.45, 2.75) is 0 Å². The van der Waals surface area contributed by atoms with E-state index in [1.54, 1.807) is 43.5 Å². The summed E-state index contributed by atoms with van der Waals surface area (Å²) < 4.78 is 10.00. The van der Waals surface area contributed by atoms with Gasteiger partial charge in [0, 0.05) is 23.3 Å². The molecule has 0 amide bonds. The second-order valence-corrected chi connectivity index (χ2v) is 4.79. The number of rotatable bonds is 6. The third-order valence-corrected chi connectivity index (χ3v) is 3.25. The second-order valence-electron chi connectivity index (χ2n) is 4.79. The summed E-state index contributed by atoms with van der Waals surface area (Å²) in [5.41, 5.74) is 1.50. The van der Waals surface area contributed by atoms with E-state index >= 15 is 0 Å². The molecule has 0 heterocycles. The molecule has 24 heavy (non-hydrogen) atoms. The number of aromatic hydroxyl groups is 1. The number of phenols is 1. The van der Waals surface area contributed by atoms with E-state index in [1.165, 1.54) is 12.1 Å². The Kier molecular flexibility index (Phi) is 5.52. The van der Waals surface area contributed by atoms with Crippen LogP contribution in [-0.2, 0) is 9.59 Å². The van der Waals surface area contributed by atoms with Crippen LogP contribution >= 0.6 is 0 Å². The zero-order chi connectivity index (χ0) is 17.5. The van der Waals surface area contributed by atoms with Gasteiger partial charge in [0.25, 0.3) is 0 Å². The summed E-state index contributed by atoms with van der Waals surface area (Å²) in [5.74, 6) is 0.133. The summed E-state index contributed by atoms with van der Waals surface area (Å²) in [5, 5.41) is 10.1. The van der Waals surface area contributed by atoms with E-state index < -0.39 is 5.97 Å². The topological polar surface area (TPSA) is 72.8 Å². The number of hydrogen-bond donors (Lipinski definition) is 1. The minimum atomic E-state index is -0.621. The van der Waals surface area contributed by atoms with Gasteiger partial charge in [-0.1, -0.05) is 18.7 Å². The predicted octanol–water partition coefficient (Wildman–Crippen LogP) is 3.23. The van der Waals surface area contributed by atoms with Crippen LogP contribution in [-0.4, -0.2) is 24.5 Å². The monoisotopic (exact) mass is 324 g/mol. The number of benzene rings is 2. The van der Waals surface area contributed by atoms with Gasteiger partial charge in [0.1, 0.15) is 17.2 Å². The first-order chi connectivity index (χ1) is 11.6. The molecule has 0 unspecified atom stereocenters. The van der Waals surface area contributed by atoms with Gasteiger partial charge in [-0.2, -0.15) is 0 Å². The fourth-order valence-electron chi connectivity index (χ4n) is 2.00. The van der Waals surface area contributed by atoms with Gasteiger partial charge in [-0.05, 0) is 35.9 Å². The fourth-order valence-corrected chi connectivity index (χ4v) is 2.00. The molecule has 0 spiro atoms.